The molecule has 0 aromatic carbocycles. The first-order valence-electron chi connectivity index (χ1n) is 31.7. The number of carboxylic acids is 1. The lowest BCUT2D eigenvalue weighted by molar-refractivity contribution is -0.870. The summed E-state index contributed by atoms with van der Waals surface area (Å²) in [6, 6.07) is 0. The van der Waals surface area contributed by atoms with E-state index in [0.29, 0.717) is 17.4 Å². The molecule has 0 heterocycles. The number of aliphatic carboxylic acids is 1. The minimum Gasteiger partial charge on any atom is -0.477 e. The maximum Gasteiger partial charge on any atom is 0.361 e. The van der Waals surface area contributed by atoms with Gasteiger partial charge in [-0.3, -0.25) is 9.59 Å². The lowest BCUT2D eigenvalue weighted by Gasteiger charge is -2.25. The van der Waals surface area contributed by atoms with Crippen LogP contribution in [0.25, 0.3) is 0 Å². The summed E-state index contributed by atoms with van der Waals surface area (Å²) in [6.45, 7) is 4.92. The molecule has 0 fully saturated rings. The van der Waals surface area contributed by atoms with E-state index in [1.54, 1.807) is 0 Å². The molecule has 2 unspecified atom stereocenters. The van der Waals surface area contributed by atoms with E-state index in [9.17, 15) is 19.5 Å². The fourth-order valence-electron chi connectivity index (χ4n) is 9.26. The summed E-state index contributed by atoms with van der Waals surface area (Å²) in [5.74, 6) is -1.98. The molecule has 9 nitrogen and oxygen atoms in total. The number of rotatable bonds is 59. The number of carboxylic acid groups (broad SMARTS) is 1. The number of allylic oxidation sites excluding steroid dienone is 6. The van der Waals surface area contributed by atoms with Crippen molar-refractivity contribution in [3.8, 4) is 0 Å². The highest BCUT2D eigenvalue weighted by Crippen LogP contribution is 2.18. The van der Waals surface area contributed by atoms with Gasteiger partial charge >= 0.3 is 17.9 Å². The molecule has 2 atom stereocenters. The normalized spacial score (nSPS) is 12.9. The quantitative estimate of drug-likeness (QED) is 0.0211. The average molecular weight is 1050 g/mol. The van der Waals surface area contributed by atoms with Crippen LogP contribution in [0.3, 0.4) is 0 Å². The Morgan fingerprint density at radius 3 is 1.08 bits per heavy atom. The van der Waals surface area contributed by atoms with Crippen molar-refractivity contribution in [3.63, 3.8) is 0 Å². The summed E-state index contributed by atoms with van der Waals surface area (Å²) < 4.78 is 22.9. The van der Waals surface area contributed by atoms with Crippen molar-refractivity contribution in [3.05, 3.63) is 36.5 Å². The van der Waals surface area contributed by atoms with Crippen LogP contribution in [0.5, 0.6) is 0 Å². The predicted octanol–water partition coefficient (Wildman–Crippen LogP) is 18.9. The van der Waals surface area contributed by atoms with Crippen molar-refractivity contribution in [2.24, 2.45) is 0 Å². The minimum absolute atomic E-state index is 0.177. The van der Waals surface area contributed by atoms with Crippen molar-refractivity contribution in [2.75, 3.05) is 47.5 Å². The van der Waals surface area contributed by atoms with Gasteiger partial charge in [0.15, 0.2) is 6.10 Å². The van der Waals surface area contributed by atoms with Gasteiger partial charge in [0.05, 0.1) is 34.4 Å². The Bertz CT molecular complexity index is 1310. The van der Waals surface area contributed by atoms with Crippen LogP contribution < -0.4 is 0 Å². The molecule has 0 saturated carbocycles. The van der Waals surface area contributed by atoms with Gasteiger partial charge in [0.1, 0.15) is 13.2 Å². The number of likely N-dealkylation sites (N-methyl/N-ethyl adjacent to an activating group) is 1. The van der Waals surface area contributed by atoms with Gasteiger partial charge in [0, 0.05) is 12.8 Å². The second-order valence-corrected chi connectivity index (χ2v) is 22.7. The molecule has 0 aromatic heterocycles. The van der Waals surface area contributed by atoms with Crippen molar-refractivity contribution in [1.82, 2.24) is 0 Å². The van der Waals surface area contributed by atoms with E-state index >= 15 is 0 Å². The van der Waals surface area contributed by atoms with Crippen LogP contribution in [0.2, 0.25) is 0 Å². The second kappa shape index (κ2) is 56.7. The first-order chi connectivity index (χ1) is 36.1. The molecule has 0 rings (SSSR count). The van der Waals surface area contributed by atoms with Gasteiger partial charge in [-0.2, -0.15) is 0 Å². The summed E-state index contributed by atoms with van der Waals surface area (Å²) in [7, 11) is 5.98. The molecule has 9 heteroatoms. The summed E-state index contributed by atoms with van der Waals surface area (Å²) in [6.07, 6.45) is 66.6. The fourth-order valence-corrected chi connectivity index (χ4v) is 9.26. The number of nitrogens with zero attached hydrogens (tertiary/aromatic N) is 1. The van der Waals surface area contributed by atoms with Gasteiger partial charge in [-0.15, -0.1) is 0 Å². The van der Waals surface area contributed by atoms with E-state index in [0.717, 1.165) is 51.4 Å². The number of ether oxygens (including phenoxy) is 4. The molecule has 0 bridgehead atoms. The Morgan fingerprint density at radius 1 is 0.405 bits per heavy atom. The van der Waals surface area contributed by atoms with Gasteiger partial charge in [-0.05, 0) is 51.4 Å². The number of esters is 2. The second-order valence-electron chi connectivity index (χ2n) is 22.7. The standard InChI is InChI=1S/C65H121NO8/c1-6-8-10-12-14-16-18-20-22-24-26-27-28-29-30-31-32-33-34-35-36-37-38-40-42-44-46-48-50-52-54-56-63(68)74-61(60-73-65(64(69)70)71-58-57-66(3,4)5)59-72-62(67)55-53-51-49-47-45-43-41-39-25-23-21-19-17-15-13-11-9-7-2/h18,20,24,26,28-29,61,65H,6-17,19,21-23,25,27,30-60H2,1-5H3/p+1/b20-18-,26-24-,29-28-. The molecule has 0 radical (unpaired) electrons. The molecular formula is C65H122NO8+. The molecule has 1 N–H and O–H groups in total. The number of carbonyl (C=O) groups excluding carboxylic acids is 2. The number of quaternary nitrogens is 1. The van der Waals surface area contributed by atoms with E-state index in [-0.39, 0.29) is 38.2 Å². The Hall–Kier alpha value is -2.49. The highest BCUT2D eigenvalue weighted by Gasteiger charge is 2.25. The largest absolute Gasteiger partial charge is 0.477 e. The van der Waals surface area contributed by atoms with Gasteiger partial charge < -0.3 is 28.5 Å². The zero-order valence-electron chi connectivity index (χ0n) is 49.5. The Morgan fingerprint density at radius 2 is 0.730 bits per heavy atom. The third-order valence-corrected chi connectivity index (χ3v) is 14.1. The third kappa shape index (κ3) is 57.2. The van der Waals surface area contributed by atoms with Gasteiger partial charge in [-0.25, -0.2) is 4.79 Å². The summed E-state index contributed by atoms with van der Waals surface area (Å²) >= 11 is 0. The number of unbranched alkanes of at least 4 members (excludes halogenated alkanes) is 38. The first kappa shape index (κ1) is 71.5. The number of hydrogen-bond donors (Lipinski definition) is 1. The van der Waals surface area contributed by atoms with Crippen LogP contribution in [0.1, 0.15) is 303 Å². The molecule has 0 saturated heterocycles. The van der Waals surface area contributed by atoms with E-state index in [4.69, 9.17) is 18.9 Å². The van der Waals surface area contributed by atoms with E-state index in [1.165, 1.54) is 225 Å². The molecule has 0 aliphatic carbocycles. The highest BCUT2D eigenvalue weighted by atomic mass is 16.7. The van der Waals surface area contributed by atoms with Crippen molar-refractivity contribution in [1.29, 1.82) is 0 Å². The van der Waals surface area contributed by atoms with Crippen molar-refractivity contribution < 1.29 is 42.9 Å². The monoisotopic (exact) mass is 1040 g/mol. The molecule has 0 spiro atoms. The molecular weight excluding hydrogens is 923 g/mol. The third-order valence-electron chi connectivity index (χ3n) is 14.1. The maximum absolute atomic E-state index is 12.9. The SMILES string of the molecule is CCCCCCC/C=C\C/C=C\C/C=C\CCCCCCCCCCCCCCCCCCC(=O)OC(COC(=O)CCCCCCCCCCCCCCCCCCCC)COC(OCC[N+](C)(C)C)C(=O)O. The zero-order valence-corrected chi connectivity index (χ0v) is 49.5. The van der Waals surface area contributed by atoms with Gasteiger partial charge in [0.2, 0.25) is 0 Å². The fraction of sp³-hybridized carbons (Fsp3) is 0.862. The Labute approximate surface area is 458 Å². The molecule has 0 aromatic rings. The van der Waals surface area contributed by atoms with Gasteiger partial charge in [-0.1, -0.05) is 275 Å². The van der Waals surface area contributed by atoms with E-state index < -0.39 is 18.4 Å². The summed E-state index contributed by atoms with van der Waals surface area (Å²) in [5.41, 5.74) is 0. The average Bonchev–Trinajstić information content (AvgIpc) is 3.37. The summed E-state index contributed by atoms with van der Waals surface area (Å²) in [5, 5.41) is 9.71. The molecule has 0 amide bonds. The van der Waals surface area contributed by atoms with Crippen LogP contribution in [0.15, 0.2) is 36.5 Å². The lowest BCUT2D eigenvalue weighted by Crippen LogP contribution is -2.40. The topological polar surface area (TPSA) is 108 Å². The van der Waals surface area contributed by atoms with Crippen molar-refractivity contribution >= 4 is 17.9 Å². The molecule has 0 aliphatic heterocycles. The molecule has 74 heavy (non-hydrogen) atoms. The maximum atomic E-state index is 12.9. The Kier molecular flexibility index (Phi) is 54.8. The lowest BCUT2D eigenvalue weighted by atomic mass is 10.0. The van der Waals surface area contributed by atoms with Crippen molar-refractivity contribution in [2.45, 2.75) is 315 Å². The van der Waals surface area contributed by atoms with E-state index in [2.05, 4.69) is 50.3 Å². The molecule has 0 aliphatic rings. The smallest absolute Gasteiger partial charge is 0.361 e. The predicted molar refractivity (Wildman–Crippen MR) is 314 cm³/mol. The zero-order chi connectivity index (χ0) is 54.1. The van der Waals surface area contributed by atoms with Crippen LogP contribution in [0.4, 0.5) is 0 Å². The Balaban J connectivity index is 4.11. The van der Waals surface area contributed by atoms with Gasteiger partial charge in [0.25, 0.3) is 6.29 Å². The number of carbonyl (C=O) groups is 3. The van der Waals surface area contributed by atoms with Crippen LogP contribution in [-0.4, -0.2) is 87.4 Å². The number of hydrogen-bond acceptors (Lipinski definition) is 7. The van der Waals surface area contributed by atoms with Crippen LogP contribution in [-0.2, 0) is 33.3 Å². The minimum atomic E-state index is -1.51. The molecule has 434 valence electrons. The first-order valence-corrected chi connectivity index (χ1v) is 31.7. The van der Waals surface area contributed by atoms with Crippen LogP contribution in [0, 0.1) is 0 Å². The summed E-state index contributed by atoms with van der Waals surface area (Å²) in [4.78, 5) is 37.5. The van der Waals surface area contributed by atoms with E-state index in [1.807, 2.05) is 21.1 Å². The highest BCUT2D eigenvalue weighted by molar-refractivity contribution is 5.71. The van der Waals surface area contributed by atoms with Crippen LogP contribution >= 0.6 is 0 Å².